The fraction of sp³-hybridized carbons (Fsp3) is 0.700. The molecule has 14 heteroatoms. The van der Waals surface area contributed by atoms with Crippen LogP contribution in [-0.2, 0) is 28.8 Å². The molecule has 0 aromatic rings. The largest absolute Gasteiger partial charge is 0.481 e. The summed E-state index contributed by atoms with van der Waals surface area (Å²) in [6.07, 6.45) is -2.64. The first-order valence-corrected chi connectivity index (χ1v) is 10.7. The van der Waals surface area contributed by atoms with Gasteiger partial charge in [0.15, 0.2) is 6.04 Å². The number of carbonyl (C=O) groups is 6. The predicted octanol–water partition coefficient (Wildman–Crippen LogP) is -2.59. The first-order chi connectivity index (χ1) is 15.6. The highest BCUT2D eigenvalue weighted by Crippen LogP contribution is 2.07. The van der Waals surface area contributed by atoms with Gasteiger partial charge in [-0.15, -0.1) is 0 Å². The lowest BCUT2D eigenvalue weighted by Crippen LogP contribution is -2.58. The number of nitrogens with two attached hydrogens (primary N) is 2. The van der Waals surface area contributed by atoms with Crippen LogP contribution in [0.4, 0.5) is 0 Å². The number of amides is 4. The molecule has 0 aliphatic rings. The number of aliphatic hydroxyl groups excluding tert-OH is 1. The van der Waals surface area contributed by atoms with Crippen LogP contribution < -0.4 is 27.4 Å². The van der Waals surface area contributed by atoms with E-state index in [0.29, 0.717) is 6.42 Å². The van der Waals surface area contributed by atoms with E-state index < -0.39 is 72.3 Å². The van der Waals surface area contributed by atoms with E-state index in [9.17, 15) is 33.9 Å². The SMILES string of the molecule is CC(C)CC(N)C(=O)NC(CCC(=O)O)C(=O)NC(CCC(N)=O)C(=O)NC(C(=O)O)C(C)O. The van der Waals surface area contributed by atoms with E-state index in [-0.39, 0.29) is 25.2 Å². The number of hydrogen-bond donors (Lipinski definition) is 8. The molecule has 0 rings (SSSR count). The normalized spacial score (nSPS) is 15.4. The molecular weight excluding hydrogens is 454 g/mol. The number of carbonyl (C=O) groups excluding carboxylic acids is 4. The van der Waals surface area contributed by atoms with Crippen LogP contribution >= 0.6 is 0 Å². The number of primary amides is 1. The van der Waals surface area contributed by atoms with Crippen LogP contribution in [0.15, 0.2) is 0 Å². The number of aliphatic carboxylic acids is 2. The second kappa shape index (κ2) is 14.8. The zero-order valence-corrected chi connectivity index (χ0v) is 19.4. The van der Waals surface area contributed by atoms with Gasteiger partial charge < -0.3 is 42.7 Å². The Hall–Kier alpha value is -3.26. The van der Waals surface area contributed by atoms with Crippen LogP contribution in [0.5, 0.6) is 0 Å². The van der Waals surface area contributed by atoms with E-state index in [1.807, 2.05) is 13.8 Å². The van der Waals surface area contributed by atoms with Gasteiger partial charge in [-0.25, -0.2) is 4.79 Å². The summed E-state index contributed by atoms with van der Waals surface area (Å²) >= 11 is 0. The van der Waals surface area contributed by atoms with Crippen LogP contribution in [-0.4, -0.2) is 81.2 Å². The fourth-order valence-electron chi connectivity index (χ4n) is 2.90. The Kier molecular flexibility index (Phi) is 13.4. The van der Waals surface area contributed by atoms with E-state index >= 15 is 0 Å². The van der Waals surface area contributed by atoms with Crippen LogP contribution in [0, 0.1) is 5.92 Å². The first kappa shape index (κ1) is 30.7. The lowest BCUT2D eigenvalue weighted by molar-refractivity contribution is -0.145. The molecule has 0 radical (unpaired) electrons. The van der Waals surface area contributed by atoms with Crippen molar-refractivity contribution < 1.29 is 44.1 Å². The maximum absolute atomic E-state index is 12.8. The summed E-state index contributed by atoms with van der Waals surface area (Å²) in [5, 5.41) is 34.4. The number of aliphatic hydroxyl groups is 1. The third kappa shape index (κ3) is 12.1. The second-order valence-electron chi connectivity index (χ2n) is 8.36. The molecule has 5 unspecified atom stereocenters. The highest BCUT2D eigenvalue weighted by atomic mass is 16.4. The summed E-state index contributed by atoms with van der Waals surface area (Å²) in [7, 11) is 0. The molecular formula is C20H35N5O9. The second-order valence-corrected chi connectivity index (χ2v) is 8.36. The predicted molar refractivity (Wildman–Crippen MR) is 118 cm³/mol. The van der Waals surface area contributed by atoms with Gasteiger partial charge in [0.05, 0.1) is 12.1 Å². The van der Waals surface area contributed by atoms with Crippen molar-refractivity contribution in [2.24, 2.45) is 17.4 Å². The average molecular weight is 490 g/mol. The lowest BCUT2D eigenvalue weighted by atomic mass is 10.0. The van der Waals surface area contributed by atoms with E-state index in [1.165, 1.54) is 0 Å². The Bertz CT molecular complexity index is 757. The van der Waals surface area contributed by atoms with E-state index in [2.05, 4.69) is 16.0 Å². The number of hydrogen-bond acceptors (Lipinski definition) is 8. The molecule has 0 aromatic carbocycles. The van der Waals surface area contributed by atoms with E-state index in [1.54, 1.807) is 0 Å². The molecule has 4 amide bonds. The molecule has 0 saturated heterocycles. The quantitative estimate of drug-likeness (QED) is 0.112. The van der Waals surface area contributed by atoms with Crippen molar-refractivity contribution in [3.05, 3.63) is 0 Å². The monoisotopic (exact) mass is 489 g/mol. The summed E-state index contributed by atoms with van der Waals surface area (Å²) in [6, 6.07) is -5.50. The highest BCUT2D eigenvalue weighted by Gasteiger charge is 2.32. The van der Waals surface area contributed by atoms with Crippen LogP contribution in [0.3, 0.4) is 0 Å². The van der Waals surface area contributed by atoms with E-state index in [4.69, 9.17) is 21.7 Å². The maximum Gasteiger partial charge on any atom is 0.328 e. The van der Waals surface area contributed by atoms with Gasteiger partial charge >= 0.3 is 11.9 Å². The van der Waals surface area contributed by atoms with Crippen molar-refractivity contribution in [1.29, 1.82) is 0 Å². The Morgan fingerprint density at radius 2 is 1.26 bits per heavy atom. The molecule has 0 bridgehead atoms. The third-order valence-electron chi connectivity index (χ3n) is 4.70. The smallest absolute Gasteiger partial charge is 0.328 e. The van der Waals surface area contributed by atoms with Crippen LogP contribution in [0.2, 0.25) is 0 Å². The van der Waals surface area contributed by atoms with Gasteiger partial charge in [-0.1, -0.05) is 13.8 Å². The standard InChI is InChI=1S/C20H35N5O9/c1-9(2)8-11(21)17(30)23-13(5-7-15(28)29)18(31)24-12(4-6-14(22)27)19(32)25-16(10(3)26)20(33)34/h9-13,16,26H,4-8,21H2,1-3H3,(H2,22,27)(H,23,30)(H,24,31)(H,25,32)(H,28,29)(H,33,34). The molecule has 0 heterocycles. The van der Waals surface area contributed by atoms with Crippen molar-refractivity contribution >= 4 is 35.6 Å². The molecule has 10 N–H and O–H groups in total. The van der Waals surface area contributed by atoms with Crippen LogP contribution in [0.1, 0.15) is 52.9 Å². The molecule has 0 aliphatic carbocycles. The molecule has 0 spiro atoms. The van der Waals surface area contributed by atoms with Crippen molar-refractivity contribution in [3.63, 3.8) is 0 Å². The number of carboxylic acid groups (broad SMARTS) is 2. The Morgan fingerprint density at radius 1 is 0.794 bits per heavy atom. The van der Waals surface area contributed by atoms with Gasteiger partial charge in [0.1, 0.15) is 12.1 Å². The summed E-state index contributed by atoms with van der Waals surface area (Å²) in [4.78, 5) is 71.2. The Balaban J connectivity index is 5.62. The van der Waals surface area contributed by atoms with Gasteiger partial charge in [0.2, 0.25) is 23.6 Å². The number of rotatable bonds is 16. The molecule has 5 atom stereocenters. The molecule has 0 saturated carbocycles. The molecule has 194 valence electrons. The number of carboxylic acids is 2. The minimum Gasteiger partial charge on any atom is -0.481 e. The van der Waals surface area contributed by atoms with Gasteiger partial charge in [0, 0.05) is 12.8 Å². The molecule has 0 aromatic heterocycles. The zero-order chi connectivity index (χ0) is 26.6. The van der Waals surface area contributed by atoms with Gasteiger partial charge in [-0.3, -0.25) is 24.0 Å². The van der Waals surface area contributed by atoms with E-state index in [0.717, 1.165) is 6.92 Å². The first-order valence-electron chi connectivity index (χ1n) is 10.7. The van der Waals surface area contributed by atoms with Crippen molar-refractivity contribution in [2.45, 2.75) is 83.1 Å². The summed E-state index contributed by atoms with van der Waals surface area (Å²) in [6.45, 7) is 4.80. The Labute approximate surface area is 196 Å². The molecule has 14 nitrogen and oxygen atoms in total. The van der Waals surface area contributed by atoms with Crippen molar-refractivity contribution in [3.8, 4) is 0 Å². The third-order valence-corrected chi connectivity index (χ3v) is 4.70. The zero-order valence-electron chi connectivity index (χ0n) is 19.4. The van der Waals surface area contributed by atoms with Gasteiger partial charge in [0.25, 0.3) is 0 Å². The summed E-state index contributed by atoms with van der Waals surface area (Å²) < 4.78 is 0. The molecule has 0 aliphatic heterocycles. The van der Waals surface area contributed by atoms with Crippen molar-refractivity contribution in [1.82, 2.24) is 16.0 Å². The van der Waals surface area contributed by atoms with Crippen molar-refractivity contribution in [2.75, 3.05) is 0 Å². The van der Waals surface area contributed by atoms with Crippen LogP contribution in [0.25, 0.3) is 0 Å². The van der Waals surface area contributed by atoms with Gasteiger partial charge in [-0.05, 0) is 32.1 Å². The lowest BCUT2D eigenvalue weighted by Gasteiger charge is -2.25. The molecule has 34 heavy (non-hydrogen) atoms. The highest BCUT2D eigenvalue weighted by molar-refractivity contribution is 5.94. The molecule has 0 fully saturated rings. The Morgan fingerprint density at radius 3 is 1.68 bits per heavy atom. The number of nitrogens with one attached hydrogen (secondary N) is 3. The minimum atomic E-state index is -1.70. The summed E-state index contributed by atoms with van der Waals surface area (Å²) in [5.41, 5.74) is 10.9. The maximum atomic E-state index is 12.8. The minimum absolute atomic E-state index is 0.0741. The van der Waals surface area contributed by atoms with Gasteiger partial charge in [-0.2, -0.15) is 0 Å². The topological polar surface area (TPSA) is 251 Å². The summed E-state index contributed by atoms with van der Waals surface area (Å²) in [5.74, 6) is -6.16. The average Bonchev–Trinajstić information content (AvgIpc) is 2.70. The fourth-order valence-corrected chi connectivity index (χ4v) is 2.90.